The molecular weight excluding hydrogens is 668 g/mol. The molecule has 0 rings (SSSR count). The summed E-state index contributed by atoms with van der Waals surface area (Å²) in [6, 6.07) is 0. The molecule has 0 unspecified atom stereocenters. The molecule has 0 saturated heterocycles. The van der Waals surface area contributed by atoms with Crippen molar-refractivity contribution in [2.24, 2.45) is 22.9 Å². The standard InChI is InChI=1S/C36H68N10O6/c1-2-22-44(26-12-35(51)42-20-29-45(23-9-31(47)6-3-15-37)24-10-32(48)7-4-16-38)27-13-36(52)43-21-30-46(25-11-33(49)8-5-17-39)28-14-34(50)41-19-18-40/h1H,3-30,37-40H2,(H,41,50)(H,42,51)(H,43,52). The smallest absolute Gasteiger partial charge is 0.221 e. The average Bonchev–Trinajstić information content (AvgIpc) is 3.13. The lowest BCUT2D eigenvalue weighted by Crippen LogP contribution is -2.40. The quantitative estimate of drug-likeness (QED) is 0.0348. The van der Waals surface area contributed by atoms with E-state index in [4.69, 9.17) is 29.4 Å². The second-order valence-electron chi connectivity index (χ2n) is 12.8. The maximum absolute atomic E-state index is 12.7. The molecule has 16 heteroatoms. The highest BCUT2D eigenvalue weighted by Gasteiger charge is 2.15. The first-order valence-corrected chi connectivity index (χ1v) is 18.8. The molecule has 0 radical (unpaired) electrons. The van der Waals surface area contributed by atoms with Gasteiger partial charge in [-0.05, 0) is 38.9 Å². The van der Waals surface area contributed by atoms with Crippen LogP contribution in [0.5, 0.6) is 0 Å². The molecule has 0 heterocycles. The number of rotatable bonds is 36. The van der Waals surface area contributed by atoms with Gasteiger partial charge < -0.3 is 48.7 Å². The second-order valence-corrected chi connectivity index (χ2v) is 12.8. The molecule has 0 bridgehead atoms. The summed E-state index contributed by atoms with van der Waals surface area (Å²) in [5.41, 5.74) is 22.0. The summed E-state index contributed by atoms with van der Waals surface area (Å²) in [5, 5.41) is 8.54. The number of nitrogens with zero attached hydrogens (tertiary/aromatic N) is 3. The third-order valence-corrected chi connectivity index (χ3v) is 8.35. The van der Waals surface area contributed by atoms with Gasteiger partial charge in [-0.2, -0.15) is 0 Å². The van der Waals surface area contributed by atoms with E-state index in [0.29, 0.717) is 156 Å². The molecule has 0 aromatic heterocycles. The Balaban J connectivity index is 4.76. The molecule has 0 aliphatic heterocycles. The lowest BCUT2D eigenvalue weighted by atomic mass is 10.1. The van der Waals surface area contributed by atoms with Gasteiger partial charge in [-0.15, -0.1) is 6.42 Å². The minimum absolute atomic E-state index is 0.112. The number of hydrogen-bond acceptors (Lipinski definition) is 13. The zero-order valence-corrected chi connectivity index (χ0v) is 31.5. The van der Waals surface area contributed by atoms with Crippen molar-refractivity contribution in [3.8, 4) is 12.3 Å². The zero-order valence-electron chi connectivity index (χ0n) is 31.5. The van der Waals surface area contributed by atoms with Gasteiger partial charge in [-0.25, -0.2) is 0 Å². The average molecular weight is 737 g/mol. The number of hydrogen-bond donors (Lipinski definition) is 7. The molecule has 0 spiro atoms. The summed E-state index contributed by atoms with van der Waals surface area (Å²) >= 11 is 0. The molecule has 0 aliphatic carbocycles. The molecule has 0 aromatic carbocycles. The first-order valence-electron chi connectivity index (χ1n) is 18.8. The highest BCUT2D eigenvalue weighted by atomic mass is 16.2. The van der Waals surface area contributed by atoms with Gasteiger partial charge in [0, 0.05) is 136 Å². The van der Waals surface area contributed by atoms with E-state index in [2.05, 4.69) is 21.9 Å². The first-order chi connectivity index (χ1) is 25.1. The minimum atomic E-state index is -0.172. The van der Waals surface area contributed by atoms with Crippen molar-refractivity contribution in [2.75, 3.05) is 105 Å². The Morgan fingerprint density at radius 1 is 0.423 bits per heavy atom. The van der Waals surface area contributed by atoms with Crippen LogP contribution in [0.3, 0.4) is 0 Å². The normalized spacial score (nSPS) is 11.1. The maximum atomic E-state index is 12.7. The molecule has 3 amide bonds. The third-order valence-electron chi connectivity index (χ3n) is 8.35. The van der Waals surface area contributed by atoms with Gasteiger partial charge in [0.25, 0.3) is 0 Å². The van der Waals surface area contributed by atoms with Gasteiger partial charge in [-0.3, -0.25) is 33.7 Å². The van der Waals surface area contributed by atoms with Crippen molar-refractivity contribution in [3.63, 3.8) is 0 Å². The SMILES string of the molecule is C#CCN(CCC(=O)NCCN(CCC(=O)CCCN)CCC(=O)CCCN)CCC(=O)NCCN(CCC(=O)CCCN)CCC(=O)NCCN. The van der Waals surface area contributed by atoms with Crippen LogP contribution in [-0.2, 0) is 28.8 Å². The number of terminal acetylenes is 1. The Morgan fingerprint density at radius 3 is 1.08 bits per heavy atom. The zero-order chi connectivity index (χ0) is 38.8. The second kappa shape index (κ2) is 33.5. The monoisotopic (exact) mass is 737 g/mol. The van der Waals surface area contributed by atoms with Gasteiger partial charge in [0.2, 0.25) is 17.7 Å². The van der Waals surface area contributed by atoms with Crippen LogP contribution >= 0.6 is 0 Å². The van der Waals surface area contributed by atoms with Crippen molar-refractivity contribution in [1.82, 2.24) is 30.7 Å². The van der Waals surface area contributed by atoms with E-state index in [0.717, 1.165) is 0 Å². The molecular formula is C36H68N10O6. The van der Waals surface area contributed by atoms with Gasteiger partial charge in [0.1, 0.15) is 17.3 Å². The van der Waals surface area contributed by atoms with E-state index < -0.39 is 0 Å². The lowest BCUT2D eigenvalue weighted by molar-refractivity contribution is -0.123. The van der Waals surface area contributed by atoms with Crippen LogP contribution in [-0.4, -0.2) is 154 Å². The summed E-state index contributed by atoms with van der Waals surface area (Å²) in [6.45, 7) is 6.75. The van der Waals surface area contributed by atoms with Crippen LogP contribution in [0.2, 0.25) is 0 Å². The Bertz CT molecular complexity index is 949. The van der Waals surface area contributed by atoms with Crippen molar-refractivity contribution in [1.29, 1.82) is 0 Å². The number of nitrogens with one attached hydrogen (secondary N) is 3. The van der Waals surface area contributed by atoms with E-state index >= 15 is 0 Å². The van der Waals surface area contributed by atoms with Gasteiger partial charge >= 0.3 is 0 Å². The molecule has 298 valence electrons. The molecule has 0 fully saturated rings. The molecule has 16 nitrogen and oxygen atoms in total. The van der Waals surface area contributed by atoms with Crippen molar-refractivity contribution >= 4 is 35.1 Å². The fourth-order valence-electron chi connectivity index (χ4n) is 5.15. The summed E-state index contributed by atoms with van der Waals surface area (Å²) in [4.78, 5) is 79.8. The van der Waals surface area contributed by atoms with E-state index in [1.54, 1.807) is 0 Å². The number of carbonyl (C=O) groups excluding carboxylic acids is 6. The predicted molar refractivity (Wildman–Crippen MR) is 204 cm³/mol. The number of carbonyl (C=O) groups is 6. The maximum Gasteiger partial charge on any atom is 0.221 e. The van der Waals surface area contributed by atoms with Crippen LogP contribution < -0.4 is 38.9 Å². The molecule has 0 saturated carbocycles. The largest absolute Gasteiger partial charge is 0.355 e. The summed E-state index contributed by atoms with van der Waals surface area (Å²) in [5.74, 6) is 2.49. The van der Waals surface area contributed by atoms with Crippen LogP contribution in [0.15, 0.2) is 0 Å². The van der Waals surface area contributed by atoms with Crippen molar-refractivity contribution < 1.29 is 28.8 Å². The third kappa shape index (κ3) is 29.3. The topological polar surface area (TPSA) is 252 Å². The Morgan fingerprint density at radius 2 is 0.750 bits per heavy atom. The molecule has 52 heavy (non-hydrogen) atoms. The number of amides is 3. The number of Topliss-reactive ketones (excluding diaryl/α,β-unsaturated/α-hetero) is 3. The Hall–Kier alpha value is -3.30. The van der Waals surface area contributed by atoms with Gasteiger partial charge in [0.05, 0.1) is 6.54 Å². The molecule has 0 aromatic rings. The Kier molecular flexibility index (Phi) is 31.4. The fourth-order valence-corrected chi connectivity index (χ4v) is 5.15. The van der Waals surface area contributed by atoms with Crippen molar-refractivity contribution in [2.45, 2.75) is 77.0 Å². The highest BCUT2D eigenvalue weighted by Crippen LogP contribution is 2.03. The summed E-state index contributed by atoms with van der Waals surface area (Å²) < 4.78 is 0. The van der Waals surface area contributed by atoms with Crippen molar-refractivity contribution in [3.05, 3.63) is 0 Å². The minimum Gasteiger partial charge on any atom is -0.355 e. The van der Waals surface area contributed by atoms with Crippen LogP contribution in [0, 0.1) is 12.3 Å². The molecule has 0 aliphatic rings. The highest BCUT2D eigenvalue weighted by molar-refractivity contribution is 5.80. The van der Waals surface area contributed by atoms with Crippen LogP contribution in [0.1, 0.15) is 77.0 Å². The summed E-state index contributed by atoms with van der Waals surface area (Å²) in [7, 11) is 0. The first kappa shape index (κ1) is 48.7. The predicted octanol–water partition coefficient (Wildman–Crippen LogP) is -1.90. The molecule has 0 atom stereocenters. The number of ketones is 3. The van der Waals surface area contributed by atoms with E-state index in [1.165, 1.54) is 0 Å². The lowest BCUT2D eigenvalue weighted by Gasteiger charge is -2.23. The van der Waals surface area contributed by atoms with Crippen LogP contribution in [0.25, 0.3) is 0 Å². The fraction of sp³-hybridized carbons (Fsp3) is 0.778. The van der Waals surface area contributed by atoms with Gasteiger partial charge in [-0.1, -0.05) is 5.92 Å². The van der Waals surface area contributed by atoms with Gasteiger partial charge in [0.15, 0.2) is 0 Å². The van der Waals surface area contributed by atoms with Crippen LogP contribution in [0.4, 0.5) is 0 Å². The van der Waals surface area contributed by atoms with E-state index in [1.807, 2.05) is 14.7 Å². The Labute approximate surface area is 311 Å². The number of nitrogens with two attached hydrogens (primary N) is 4. The summed E-state index contributed by atoms with van der Waals surface area (Å²) in [6.07, 6.45) is 10.5. The molecule has 11 N–H and O–H groups in total. The van der Waals surface area contributed by atoms with E-state index in [9.17, 15) is 28.8 Å². The van der Waals surface area contributed by atoms with E-state index in [-0.39, 0.29) is 60.9 Å².